The molecule has 1 aromatic carbocycles. The number of carbonyl (C=O) groups excluding carboxylic acids is 1. The monoisotopic (exact) mass is 369 g/mol. The summed E-state index contributed by atoms with van der Waals surface area (Å²) in [5, 5.41) is 2.28. The molecule has 1 N–H and O–H groups in total. The van der Waals surface area contributed by atoms with Crippen molar-refractivity contribution in [3.63, 3.8) is 0 Å². The van der Waals surface area contributed by atoms with Gasteiger partial charge in [-0.2, -0.15) is 13.2 Å². The minimum Gasteiger partial charge on any atom is -0.356 e. The van der Waals surface area contributed by atoms with E-state index in [0.29, 0.717) is 4.47 Å². The highest BCUT2D eigenvalue weighted by molar-refractivity contribution is 9.10. The molecule has 1 fully saturated rings. The third kappa shape index (κ3) is 2.91. The van der Waals surface area contributed by atoms with Crippen molar-refractivity contribution in [3.8, 4) is 0 Å². The Bertz CT molecular complexity index is 564. The van der Waals surface area contributed by atoms with Crippen LogP contribution < -0.4 is 5.32 Å². The van der Waals surface area contributed by atoms with Gasteiger partial charge in [0.05, 0.1) is 0 Å². The Balaban J connectivity index is 2.63. The highest BCUT2D eigenvalue weighted by atomic mass is 79.9. The number of amides is 1. The zero-order valence-electron chi connectivity index (χ0n) is 10.9. The summed E-state index contributed by atoms with van der Waals surface area (Å²) in [4.78, 5) is 11.5. The molecule has 2 unspecified atom stereocenters. The molecule has 8 heteroatoms. The fraction of sp³-hybridized carbons (Fsp3) is 0.462. The fourth-order valence-electron chi connectivity index (χ4n) is 2.54. The van der Waals surface area contributed by atoms with Gasteiger partial charge in [-0.1, -0.05) is 22.9 Å². The smallest absolute Gasteiger partial charge is 0.356 e. The van der Waals surface area contributed by atoms with Crippen molar-refractivity contribution in [2.75, 3.05) is 6.61 Å². The van der Waals surface area contributed by atoms with E-state index in [4.69, 9.17) is 4.74 Å². The molecule has 1 aliphatic heterocycles. The van der Waals surface area contributed by atoms with Crippen LogP contribution >= 0.6 is 15.9 Å². The van der Waals surface area contributed by atoms with Gasteiger partial charge in [0, 0.05) is 10.0 Å². The highest BCUT2D eigenvalue weighted by Gasteiger charge is 2.58. The first-order chi connectivity index (χ1) is 9.70. The van der Waals surface area contributed by atoms with Gasteiger partial charge in [0.2, 0.25) is 5.91 Å². The van der Waals surface area contributed by atoms with Crippen LogP contribution in [0.15, 0.2) is 22.7 Å². The van der Waals surface area contributed by atoms with E-state index in [-0.39, 0.29) is 12.0 Å². The lowest BCUT2D eigenvalue weighted by Gasteiger charge is -2.44. The van der Waals surface area contributed by atoms with Crippen LogP contribution in [0.5, 0.6) is 0 Å². The van der Waals surface area contributed by atoms with Crippen LogP contribution in [-0.4, -0.2) is 24.8 Å². The second-order valence-electron chi connectivity index (χ2n) is 4.73. The van der Waals surface area contributed by atoms with E-state index in [9.17, 15) is 22.4 Å². The van der Waals surface area contributed by atoms with E-state index in [1.165, 1.54) is 19.1 Å². The van der Waals surface area contributed by atoms with Crippen molar-refractivity contribution < 1.29 is 27.1 Å². The van der Waals surface area contributed by atoms with Crippen molar-refractivity contribution >= 4 is 21.8 Å². The van der Waals surface area contributed by atoms with Crippen molar-refractivity contribution in [3.05, 3.63) is 34.1 Å². The number of benzene rings is 1. The molecular weight excluding hydrogens is 358 g/mol. The van der Waals surface area contributed by atoms with Crippen molar-refractivity contribution in [2.45, 2.75) is 31.2 Å². The number of nitrogens with one attached hydrogen (secondary N) is 1. The lowest BCUT2D eigenvalue weighted by Crippen LogP contribution is -2.64. The minimum absolute atomic E-state index is 0.170. The molecule has 1 amide bonds. The topological polar surface area (TPSA) is 38.3 Å². The predicted octanol–water partition coefficient (Wildman–Crippen LogP) is 3.27. The van der Waals surface area contributed by atoms with Gasteiger partial charge in [-0.15, -0.1) is 0 Å². The Labute approximate surface area is 126 Å². The summed E-state index contributed by atoms with van der Waals surface area (Å²) in [6.45, 7) is 0.732. The number of halogens is 5. The summed E-state index contributed by atoms with van der Waals surface area (Å²) >= 11 is 3.10. The molecule has 116 valence electrons. The van der Waals surface area contributed by atoms with E-state index in [2.05, 4.69) is 21.2 Å². The standard InChI is InChI=1S/C13H12BrF4NO2/c1-2-12(8-5-7(14)3-4-9(8)15)11(13(16,17)18)21-6-10(20)19-12/h3-5,11H,2,6H2,1H3,(H,19,20). The third-order valence-electron chi connectivity index (χ3n) is 3.46. The Morgan fingerprint density at radius 2 is 2.14 bits per heavy atom. The van der Waals surface area contributed by atoms with E-state index in [1.54, 1.807) is 0 Å². The van der Waals surface area contributed by atoms with Crippen molar-refractivity contribution in [2.24, 2.45) is 0 Å². The van der Waals surface area contributed by atoms with Gasteiger partial charge < -0.3 is 10.1 Å². The third-order valence-corrected chi connectivity index (χ3v) is 3.95. The highest BCUT2D eigenvalue weighted by Crippen LogP contribution is 2.42. The van der Waals surface area contributed by atoms with Crippen LogP contribution in [0.3, 0.4) is 0 Å². The van der Waals surface area contributed by atoms with Gasteiger partial charge in [-0.25, -0.2) is 4.39 Å². The van der Waals surface area contributed by atoms with Crippen LogP contribution in [0, 0.1) is 5.82 Å². The number of morpholine rings is 1. The first-order valence-electron chi connectivity index (χ1n) is 6.15. The van der Waals surface area contributed by atoms with Gasteiger partial charge in [0.25, 0.3) is 0 Å². The Hall–Kier alpha value is -1.15. The average Bonchev–Trinajstić information content (AvgIpc) is 2.39. The zero-order valence-corrected chi connectivity index (χ0v) is 12.5. The molecule has 0 saturated carbocycles. The van der Waals surface area contributed by atoms with Crippen molar-refractivity contribution in [1.29, 1.82) is 0 Å². The van der Waals surface area contributed by atoms with Gasteiger partial charge in [0.15, 0.2) is 6.10 Å². The lowest BCUT2D eigenvalue weighted by atomic mass is 9.80. The quantitative estimate of drug-likeness (QED) is 0.812. The Morgan fingerprint density at radius 3 is 2.71 bits per heavy atom. The van der Waals surface area contributed by atoms with Gasteiger partial charge in [-0.3, -0.25) is 4.79 Å². The molecule has 0 bridgehead atoms. The summed E-state index contributed by atoms with van der Waals surface area (Å²) in [5.41, 5.74) is -2.24. The number of carbonyl (C=O) groups is 1. The predicted molar refractivity (Wildman–Crippen MR) is 70.0 cm³/mol. The number of ether oxygens (including phenoxy) is 1. The molecule has 1 aromatic rings. The molecule has 1 heterocycles. The molecule has 2 rings (SSSR count). The summed E-state index contributed by atoms with van der Waals surface area (Å²) in [6.07, 6.45) is -7.22. The maximum atomic E-state index is 14.1. The summed E-state index contributed by atoms with van der Waals surface area (Å²) in [7, 11) is 0. The maximum absolute atomic E-state index is 14.1. The molecule has 3 nitrogen and oxygen atoms in total. The molecule has 21 heavy (non-hydrogen) atoms. The number of hydrogen-bond donors (Lipinski definition) is 1. The van der Waals surface area contributed by atoms with Crippen LogP contribution in [-0.2, 0) is 15.1 Å². The second kappa shape index (κ2) is 5.57. The van der Waals surface area contributed by atoms with Crippen LogP contribution in [0.25, 0.3) is 0 Å². The van der Waals surface area contributed by atoms with Gasteiger partial charge >= 0.3 is 6.18 Å². The first-order valence-corrected chi connectivity index (χ1v) is 6.95. The van der Waals surface area contributed by atoms with E-state index < -0.39 is 36.2 Å². The second-order valence-corrected chi connectivity index (χ2v) is 5.65. The molecule has 0 radical (unpaired) electrons. The SMILES string of the molecule is CCC1(c2cc(Br)ccc2F)NC(=O)COC1C(F)(F)F. The summed E-state index contributed by atoms with van der Waals surface area (Å²) < 4.78 is 59.0. The van der Waals surface area contributed by atoms with E-state index in [0.717, 1.165) is 6.07 Å². The zero-order chi connectivity index (χ0) is 15.8. The van der Waals surface area contributed by atoms with Gasteiger partial charge in [-0.05, 0) is 24.6 Å². The van der Waals surface area contributed by atoms with Gasteiger partial charge in [0.1, 0.15) is 18.0 Å². The number of hydrogen-bond acceptors (Lipinski definition) is 2. The fourth-order valence-corrected chi connectivity index (χ4v) is 2.90. The molecular formula is C13H12BrF4NO2. The summed E-state index contributed by atoms with van der Waals surface area (Å²) in [6, 6.07) is 3.65. The van der Waals surface area contributed by atoms with Crippen LogP contribution in [0.4, 0.5) is 17.6 Å². The molecule has 1 aliphatic rings. The number of rotatable bonds is 2. The molecule has 0 aliphatic carbocycles. The van der Waals surface area contributed by atoms with E-state index in [1.807, 2.05) is 0 Å². The first kappa shape index (κ1) is 16.2. The van der Waals surface area contributed by atoms with E-state index >= 15 is 0 Å². The average molecular weight is 370 g/mol. The molecule has 2 atom stereocenters. The largest absolute Gasteiger partial charge is 0.417 e. The molecule has 0 aromatic heterocycles. The van der Waals surface area contributed by atoms with Crippen LogP contribution in [0.2, 0.25) is 0 Å². The Kier molecular flexibility index (Phi) is 4.30. The minimum atomic E-state index is -4.74. The maximum Gasteiger partial charge on any atom is 0.417 e. The van der Waals surface area contributed by atoms with Crippen LogP contribution in [0.1, 0.15) is 18.9 Å². The lowest BCUT2D eigenvalue weighted by molar-refractivity contribution is -0.254. The van der Waals surface area contributed by atoms with Crippen molar-refractivity contribution in [1.82, 2.24) is 5.32 Å². The Morgan fingerprint density at radius 1 is 1.48 bits per heavy atom. The summed E-state index contributed by atoms with van der Waals surface area (Å²) in [5.74, 6) is -1.54. The normalized spacial score (nSPS) is 26.6. The number of alkyl halides is 3. The molecule has 1 saturated heterocycles. The molecule has 0 spiro atoms.